The van der Waals surface area contributed by atoms with Crippen molar-refractivity contribution in [2.45, 2.75) is 0 Å². The number of nitriles is 1. The molecule has 80 valence electrons. The normalized spacial score (nSPS) is 16.2. The van der Waals surface area contributed by atoms with Gasteiger partial charge >= 0.3 is 0 Å². The fraction of sp³-hybridized carbons (Fsp3) is 0.167. The molecule has 1 aliphatic rings. The number of amidine groups is 1. The maximum absolute atomic E-state index is 8.86. The predicted octanol–water partition coefficient (Wildman–Crippen LogP) is 1.93. The summed E-state index contributed by atoms with van der Waals surface area (Å²) in [6.07, 6.45) is 1.67. The molecule has 0 amide bonds. The van der Waals surface area contributed by atoms with Crippen molar-refractivity contribution < 1.29 is 4.74 Å². The van der Waals surface area contributed by atoms with Crippen LogP contribution in [0.1, 0.15) is 5.56 Å². The second-order valence-electron chi connectivity index (χ2n) is 3.28. The van der Waals surface area contributed by atoms with E-state index in [1.165, 1.54) is 0 Å². The van der Waals surface area contributed by atoms with E-state index >= 15 is 0 Å². The van der Waals surface area contributed by atoms with Crippen LogP contribution in [0.2, 0.25) is 0 Å². The molecule has 0 saturated carbocycles. The zero-order valence-corrected chi connectivity index (χ0v) is 8.97. The Morgan fingerprint density at radius 1 is 1.62 bits per heavy atom. The summed E-state index contributed by atoms with van der Waals surface area (Å²) < 4.78 is 5.53. The third-order valence-corrected chi connectivity index (χ3v) is 2.42. The molecule has 2 rings (SSSR count). The van der Waals surface area contributed by atoms with Gasteiger partial charge in [-0.25, -0.2) is 0 Å². The van der Waals surface area contributed by atoms with Crippen LogP contribution in [0, 0.1) is 11.3 Å². The summed E-state index contributed by atoms with van der Waals surface area (Å²) in [7, 11) is 1.70. The highest BCUT2D eigenvalue weighted by atomic mass is 16.5. The van der Waals surface area contributed by atoms with Crippen molar-refractivity contribution in [1.29, 1.82) is 5.26 Å². The van der Waals surface area contributed by atoms with Gasteiger partial charge in [0.25, 0.3) is 0 Å². The first-order chi connectivity index (χ1) is 7.80. The first kappa shape index (κ1) is 10.2. The summed E-state index contributed by atoms with van der Waals surface area (Å²) >= 11 is 0. The average molecular weight is 213 g/mol. The summed E-state index contributed by atoms with van der Waals surface area (Å²) in [5, 5.41) is 8.86. The van der Waals surface area contributed by atoms with E-state index in [9.17, 15) is 0 Å². The first-order valence-corrected chi connectivity index (χ1v) is 4.84. The monoisotopic (exact) mass is 213 g/mol. The van der Waals surface area contributed by atoms with Crippen molar-refractivity contribution in [3.05, 3.63) is 36.5 Å². The van der Waals surface area contributed by atoms with Gasteiger partial charge in [-0.2, -0.15) is 5.26 Å². The zero-order valence-electron chi connectivity index (χ0n) is 8.97. The summed E-state index contributed by atoms with van der Waals surface area (Å²) in [6, 6.07) is 7.38. The van der Waals surface area contributed by atoms with E-state index in [2.05, 4.69) is 17.6 Å². The molecule has 0 radical (unpaired) electrons. The van der Waals surface area contributed by atoms with Gasteiger partial charge in [0.05, 0.1) is 17.3 Å². The van der Waals surface area contributed by atoms with E-state index in [4.69, 9.17) is 10.00 Å². The van der Waals surface area contributed by atoms with Crippen LogP contribution >= 0.6 is 0 Å². The molecule has 0 N–H and O–H groups in total. The number of hydrogen-bond acceptors (Lipinski definition) is 3. The topological polar surface area (TPSA) is 48.6 Å². The summed E-state index contributed by atoms with van der Waals surface area (Å²) in [4.78, 5) is 5.95. The fourth-order valence-electron chi connectivity index (χ4n) is 1.62. The minimum Gasteiger partial charge on any atom is -0.483 e. The summed E-state index contributed by atoms with van der Waals surface area (Å²) in [5.74, 6) is 1.52. The number of fused-ring (bicyclic) bond motifs is 1. The average Bonchev–Trinajstić information content (AvgIpc) is 2.36. The van der Waals surface area contributed by atoms with Gasteiger partial charge in [0.2, 0.25) is 0 Å². The van der Waals surface area contributed by atoms with Crippen molar-refractivity contribution in [2.24, 2.45) is 4.99 Å². The van der Waals surface area contributed by atoms with Crippen LogP contribution in [0.3, 0.4) is 0 Å². The molecule has 1 aromatic carbocycles. The Bertz CT molecular complexity index is 499. The highest BCUT2D eigenvalue weighted by Gasteiger charge is 2.21. The third-order valence-electron chi connectivity index (χ3n) is 2.42. The molecule has 1 aliphatic heterocycles. The smallest absolute Gasteiger partial charge is 0.146 e. The molecule has 4 nitrogen and oxygen atoms in total. The first-order valence-electron chi connectivity index (χ1n) is 4.84. The summed E-state index contributed by atoms with van der Waals surface area (Å²) in [5.41, 5.74) is 1.40. The fourth-order valence-corrected chi connectivity index (χ4v) is 1.62. The molecule has 0 bridgehead atoms. The Labute approximate surface area is 94.1 Å². The van der Waals surface area contributed by atoms with Crippen LogP contribution in [-0.2, 0) is 0 Å². The van der Waals surface area contributed by atoms with E-state index in [1.807, 2.05) is 4.90 Å². The van der Waals surface area contributed by atoms with E-state index in [0.29, 0.717) is 12.2 Å². The molecule has 16 heavy (non-hydrogen) atoms. The van der Waals surface area contributed by atoms with Crippen molar-refractivity contribution in [1.82, 2.24) is 0 Å². The number of ether oxygens (including phenoxy) is 1. The highest BCUT2D eigenvalue weighted by molar-refractivity contribution is 6.03. The van der Waals surface area contributed by atoms with Crippen LogP contribution in [0.5, 0.6) is 5.75 Å². The van der Waals surface area contributed by atoms with Gasteiger partial charge in [0.1, 0.15) is 18.2 Å². The minimum absolute atomic E-state index is 0.418. The Hall–Kier alpha value is -2.28. The minimum atomic E-state index is 0.418. The number of rotatable bonds is 1. The molecule has 0 atom stereocenters. The van der Waals surface area contributed by atoms with E-state index < -0.39 is 0 Å². The number of aliphatic imine (C=N–C) groups is 1. The predicted molar refractivity (Wildman–Crippen MR) is 62.7 cm³/mol. The molecular weight excluding hydrogens is 202 g/mol. The van der Waals surface area contributed by atoms with Crippen LogP contribution in [0.15, 0.2) is 36.0 Å². The van der Waals surface area contributed by atoms with Crippen molar-refractivity contribution in [3.8, 4) is 11.8 Å². The molecule has 1 aromatic rings. The van der Waals surface area contributed by atoms with Gasteiger partial charge in [-0.1, -0.05) is 6.58 Å². The van der Waals surface area contributed by atoms with Gasteiger partial charge in [-0.05, 0) is 18.2 Å². The SMILES string of the molecule is C=CN1C(=NC)COc2ccc(C#N)cc21. The van der Waals surface area contributed by atoms with E-state index in [0.717, 1.165) is 17.3 Å². The second-order valence-corrected chi connectivity index (χ2v) is 3.28. The second kappa shape index (κ2) is 4.07. The number of benzene rings is 1. The maximum atomic E-state index is 8.86. The summed E-state index contributed by atoms with van der Waals surface area (Å²) in [6.45, 7) is 4.16. The zero-order chi connectivity index (χ0) is 11.5. The van der Waals surface area contributed by atoms with Gasteiger partial charge in [-0.15, -0.1) is 0 Å². The Morgan fingerprint density at radius 2 is 2.44 bits per heavy atom. The van der Waals surface area contributed by atoms with E-state index in [-0.39, 0.29) is 0 Å². The number of anilines is 1. The molecule has 1 heterocycles. The van der Waals surface area contributed by atoms with Crippen LogP contribution in [0.4, 0.5) is 5.69 Å². The van der Waals surface area contributed by atoms with Gasteiger partial charge in [0.15, 0.2) is 0 Å². The number of hydrogen-bond donors (Lipinski definition) is 0. The Morgan fingerprint density at radius 3 is 3.06 bits per heavy atom. The lowest BCUT2D eigenvalue weighted by molar-refractivity contribution is 0.368. The molecular formula is C12H11N3O. The largest absolute Gasteiger partial charge is 0.483 e. The standard InChI is InChI=1S/C12H11N3O/c1-3-15-10-6-9(7-13)4-5-11(10)16-8-12(15)14-2/h3-6H,1,8H2,2H3. The lowest BCUT2D eigenvalue weighted by atomic mass is 10.1. The Kier molecular flexibility index (Phi) is 2.61. The molecule has 0 aliphatic carbocycles. The molecule has 4 heteroatoms. The molecule has 0 fully saturated rings. The molecule has 0 aromatic heterocycles. The lowest BCUT2D eigenvalue weighted by Gasteiger charge is -2.29. The van der Waals surface area contributed by atoms with Crippen molar-refractivity contribution >= 4 is 11.5 Å². The van der Waals surface area contributed by atoms with E-state index in [1.54, 1.807) is 31.4 Å². The third kappa shape index (κ3) is 1.52. The van der Waals surface area contributed by atoms with Crippen LogP contribution in [0.25, 0.3) is 0 Å². The van der Waals surface area contributed by atoms with Gasteiger partial charge < -0.3 is 4.74 Å². The van der Waals surface area contributed by atoms with Gasteiger partial charge in [0, 0.05) is 13.2 Å². The number of nitrogens with zero attached hydrogens (tertiary/aromatic N) is 3. The van der Waals surface area contributed by atoms with Crippen LogP contribution < -0.4 is 9.64 Å². The molecule has 0 spiro atoms. The van der Waals surface area contributed by atoms with Gasteiger partial charge in [-0.3, -0.25) is 9.89 Å². The van der Waals surface area contributed by atoms with Crippen molar-refractivity contribution in [2.75, 3.05) is 18.6 Å². The maximum Gasteiger partial charge on any atom is 0.146 e. The molecule has 0 unspecified atom stereocenters. The quantitative estimate of drug-likeness (QED) is 0.716. The van der Waals surface area contributed by atoms with Crippen LogP contribution in [-0.4, -0.2) is 19.5 Å². The highest BCUT2D eigenvalue weighted by Crippen LogP contribution is 2.33. The lowest BCUT2D eigenvalue weighted by Crippen LogP contribution is -2.34. The van der Waals surface area contributed by atoms with Crippen molar-refractivity contribution in [3.63, 3.8) is 0 Å². The Balaban J connectivity index is 2.55. The molecule has 0 saturated heterocycles.